The Morgan fingerprint density at radius 2 is 1.62 bits per heavy atom. The highest BCUT2D eigenvalue weighted by atomic mass is 32.2. The van der Waals surface area contributed by atoms with Crippen molar-refractivity contribution < 1.29 is 9.53 Å². The van der Waals surface area contributed by atoms with Crippen molar-refractivity contribution in [1.82, 2.24) is 0 Å². The van der Waals surface area contributed by atoms with Gasteiger partial charge in [-0.05, 0) is 29.8 Å². The van der Waals surface area contributed by atoms with Crippen LogP contribution in [0.2, 0.25) is 0 Å². The molecular weight excluding hydrogens is 336 g/mol. The quantitative estimate of drug-likeness (QED) is 0.341. The van der Waals surface area contributed by atoms with Gasteiger partial charge in [-0.2, -0.15) is 0 Å². The molecule has 3 aromatic rings. The molecule has 2 heterocycles. The maximum Gasteiger partial charge on any atom is 0.330 e. The minimum atomic E-state index is -0.338. The molecule has 2 aromatic carbocycles. The molecule has 1 aromatic heterocycles. The van der Waals surface area contributed by atoms with Crippen LogP contribution in [-0.2, 0) is 9.53 Å². The van der Waals surface area contributed by atoms with Crippen LogP contribution in [0.1, 0.15) is 4.88 Å². The molecule has 0 amide bonds. The van der Waals surface area contributed by atoms with Gasteiger partial charge in [-0.25, -0.2) is 4.79 Å². The molecule has 0 bridgehead atoms. The predicted octanol–water partition coefficient (Wildman–Crippen LogP) is 5.73. The van der Waals surface area contributed by atoms with E-state index < -0.39 is 0 Å². The molecule has 0 spiro atoms. The lowest BCUT2D eigenvalue weighted by Gasteiger charge is -2.05. The SMILES string of the molecule is COC(=O)C=Cc1cc2c(s1)-c1ccccc1Sc1ccccc1-2. The minimum Gasteiger partial charge on any atom is -0.466 e. The molecule has 0 fully saturated rings. The van der Waals surface area contributed by atoms with Gasteiger partial charge < -0.3 is 4.74 Å². The van der Waals surface area contributed by atoms with Crippen molar-refractivity contribution in [3.05, 3.63) is 65.6 Å². The van der Waals surface area contributed by atoms with Gasteiger partial charge in [0.2, 0.25) is 0 Å². The van der Waals surface area contributed by atoms with Gasteiger partial charge in [0.25, 0.3) is 0 Å². The second kappa shape index (κ2) is 6.30. The molecule has 118 valence electrons. The Bertz CT molecular complexity index is 891. The van der Waals surface area contributed by atoms with Gasteiger partial charge in [-0.3, -0.25) is 0 Å². The van der Waals surface area contributed by atoms with E-state index in [0.29, 0.717) is 0 Å². The van der Waals surface area contributed by atoms with E-state index in [0.717, 1.165) is 4.88 Å². The zero-order valence-corrected chi connectivity index (χ0v) is 14.6. The van der Waals surface area contributed by atoms with Gasteiger partial charge in [0, 0.05) is 36.7 Å². The third-order valence-electron chi connectivity index (χ3n) is 3.86. The molecule has 0 radical (unpaired) electrons. The summed E-state index contributed by atoms with van der Waals surface area (Å²) in [4.78, 5) is 16.2. The minimum absolute atomic E-state index is 0.338. The lowest BCUT2D eigenvalue weighted by atomic mass is 10.0. The molecule has 0 atom stereocenters. The molecule has 2 nitrogen and oxygen atoms in total. The van der Waals surface area contributed by atoms with Crippen LogP contribution >= 0.6 is 23.1 Å². The Morgan fingerprint density at radius 3 is 2.38 bits per heavy atom. The highest BCUT2D eigenvalue weighted by Crippen LogP contribution is 2.50. The number of hydrogen-bond donors (Lipinski definition) is 0. The molecule has 1 aliphatic rings. The number of carbonyl (C=O) groups excluding carboxylic acids is 1. The van der Waals surface area contributed by atoms with Crippen LogP contribution in [0.15, 0.2) is 70.5 Å². The van der Waals surface area contributed by atoms with Gasteiger partial charge in [0.15, 0.2) is 0 Å². The number of methoxy groups -OCH3 is 1. The molecule has 4 rings (SSSR count). The van der Waals surface area contributed by atoms with Crippen molar-refractivity contribution >= 4 is 35.1 Å². The number of ether oxygens (including phenoxy) is 1. The number of carbonyl (C=O) groups is 1. The normalized spacial score (nSPS) is 12.2. The lowest BCUT2D eigenvalue weighted by Crippen LogP contribution is -1.92. The van der Waals surface area contributed by atoms with E-state index in [9.17, 15) is 4.79 Å². The molecule has 0 saturated carbocycles. The smallest absolute Gasteiger partial charge is 0.330 e. The van der Waals surface area contributed by atoms with E-state index in [1.165, 1.54) is 44.5 Å². The van der Waals surface area contributed by atoms with Gasteiger partial charge in [-0.15, -0.1) is 11.3 Å². The predicted molar refractivity (Wildman–Crippen MR) is 100 cm³/mol. The second-order valence-corrected chi connectivity index (χ2v) is 7.51. The second-order valence-electron chi connectivity index (χ2n) is 5.34. The van der Waals surface area contributed by atoms with Crippen molar-refractivity contribution in [3.8, 4) is 21.6 Å². The number of rotatable bonds is 2. The fourth-order valence-electron chi connectivity index (χ4n) is 2.75. The topological polar surface area (TPSA) is 26.3 Å². The maximum absolute atomic E-state index is 11.4. The average molecular weight is 350 g/mol. The Morgan fingerprint density at radius 1 is 0.958 bits per heavy atom. The Hall–Kier alpha value is -2.30. The molecule has 0 unspecified atom stereocenters. The lowest BCUT2D eigenvalue weighted by molar-refractivity contribution is -0.134. The number of fused-ring (bicyclic) bond motifs is 5. The zero-order valence-electron chi connectivity index (χ0n) is 13.0. The number of hydrogen-bond acceptors (Lipinski definition) is 4. The van der Waals surface area contributed by atoms with Crippen LogP contribution < -0.4 is 0 Å². The first kappa shape index (κ1) is 15.2. The van der Waals surface area contributed by atoms with Gasteiger partial charge >= 0.3 is 5.97 Å². The summed E-state index contributed by atoms with van der Waals surface area (Å²) in [6.45, 7) is 0. The van der Waals surface area contributed by atoms with Crippen molar-refractivity contribution in [2.45, 2.75) is 9.79 Å². The van der Waals surface area contributed by atoms with Gasteiger partial charge in [-0.1, -0.05) is 48.2 Å². The standard InChI is InChI=1S/C20H14O2S2/c1-22-19(21)11-10-13-12-16-14-6-2-4-8-17(14)24-18-9-5-3-7-15(18)20(16)23-13/h2-12H,1H3. The number of benzene rings is 2. The van der Waals surface area contributed by atoms with Crippen molar-refractivity contribution in [2.75, 3.05) is 7.11 Å². The van der Waals surface area contributed by atoms with E-state index in [1.54, 1.807) is 23.1 Å². The van der Waals surface area contributed by atoms with Crippen LogP contribution in [0.25, 0.3) is 27.6 Å². The van der Waals surface area contributed by atoms with E-state index in [1.807, 2.05) is 6.08 Å². The summed E-state index contributed by atoms with van der Waals surface area (Å²) >= 11 is 3.51. The van der Waals surface area contributed by atoms with Crippen molar-refractivity contribution in [3.63, 3.8) is 0 Å². The van der Waals surface area contributed by atoms with Gasteiger partial charge in [0.1, 0.15) is 0 Å². The van der Waals surface area contributed by atoms with E-state index in [2.05, 4.69) is 59.3 Å². The van der Waals surface area contributed by atoms with Crippen LogP contribution in [0.4, 0.5) is 0 Å². The first-order valence-electron chi connectivity index (χ1n) is 7.53. The van der Waals surface area contributed by atoms with E-state index in [-0.39, 0.29) is 5.97 Å². The molecule has 4 heteroatoms. The largest absolute Gasteiger partial charge is 0.466 e. The maximum atomic E-state index is 11.4. The molecule has 1 aliphatic heterocycles. The summed E-state index contributed by atoms with van der Waals surface area (Å²) in [5, 5.41) is 0. The van der Waals surface area contributed by atoms with Crippen LogP contribution in [0.5, 0.6) is 0 Å². The monoisotopic (exact) mass is 350 g/mol. The summed E-state index contributed by atoms with van der Waals surface area (Å²) < 4.78 is 4.68. The third-order valence-corrected chi connectivity index (χ3v) is 6.15. The summed E-state index contributed by atoms with van der Waals surface area (Å²) in [5.41, 5.74) is 3.71. The average Bonchev–Trinajstić information content (AvgIpc) is 2.99. The molecule has 0 N–H and O–H groups in total. The van der Waals surface area contributed by atoms with E-state index in [4.69, 9.17) is 0 Å². The van der Waals surface area contributed by atoms with Crippen molar-refractivity contribution in [2.24, 2.45) is 0 Å². The zero-order chi connectivity index (χ0) is 16.5. The van der Waals surface area contributed by atoms with Crippen LogP contribution in [-0.4, -0.2) is 13.1 Å². The molecule has 0 aliphatic carbocycles. The first-order valence-corrected chi connectivity index (χ1v) is 9.16. The Balaban J connectivity index is 1.91. The molecule has 0 saturated heterocycles. The van der Waals surface area contributed by atoms with Crippen LogP contribution in [0, 0.1) is 0 Å². The third kappa shape index (κ3) is 2.68. The highest BCUT2D eigenvalue weighted by molar-refractivity contribution is 7.99. The number of esters is 1. The highest BCUT2D eigenvalue weighted by Gasteiger charge is 2.21. The van der Waals surface area contributed by atoms with Crippen LogP contribution in [0.3, 0.4) is 0 Å². The fourth-order valence-corrected chi connectivity index (χ4v) is 5.03. The molecule has 24 heavy (non-hydrogen) atoms. The van der Waals surface area contributed by atoms with Gasteiger partial charge in [0.05, 0.1) is 7.11 Å². The first-order chi connectivity index (χ1) is 11.8. The summed E-state index contributed by atoms with van der Waals surface area (Å²) in [6, 6.07) is 19.1. The molecular formula is C20H14O2S2. The summed E-state index contributed by atoms with van der Waals surface area (Å²) in [7, 11) is 1.39. The Kier molecular flexibility index (Phi) is 4.00. The summed E-state index contributed by atoms with van der Waals surface area (Å²) in [6.07, 6.45) is 3.29. The summed E-state index contributed by atoms with van der Waals surface area (Å²) in [5.74, 6) is -0.338. The van der Waals surface area contributed by atoms with Crippen molar-refractivity contribution in [1.29, 1.82) is 0 Å². The Labute approximate surface area is 148 Å². The van der Waals surface area contributed by atoms with E-state index >= 15 is 0 Å². The fraction of sp³-hybridized carbons (Fsp3) is 0.0500. The number of thiophene rings is 1.